The third-order valence-corrected chi connectivity index (χ3v) is 5.81. The highest BCUT2D eigenvalue weighted by molar-refractivity contribution is 6.40. The lowest BCUT2D eigenvalue weighted by atomic mass is 9.80. The van der Waals surface area contributed by atoms with Crippen LogP contribution in [-0.4, -0.2) is 55.9 Å². The summed E-state index contributed by atoms with van der Waals surface area (Å²) in [7, 11) is 4.21. The Morgan fingerprint density at radius 3 is 2.80 bits per heavy atom. The molecule has 6 heteroatoms. The highest BCUT2D eigenvalue weighted by atomic mass is 35.5. The minimum atomic E-state index is -0.786. The number of rotatable bonds is 6. The van der Waals surface area contributed by atoms with Crippen LogP contribution in [0.25, 0.3) is 0 Å². The van der Waals surface area contributed by atoms with Gasteiger partial charge < -0.3 is 9.64 Å². The second kappa shape index (κ2) is 6.96. The number of hydrogen-bond acceptors (Lipinski definition) is 5. The molecular weight excluding hydrogens is 340 g/mol. The van der Waals surface area contributed by atoms with E-state index in [1.165, 1.54) is 0 Å². The fourth-order valence-corrected chi connectivity index (χ4v) is 4.45. The van der Waals surface area contributed by atoms with Crippen molar-refractivity contribution in [3.05, 3.63) is 29.3 Å². The average Bonchev–Trinajstić information content (AvgIpc) is 3.03. The van der Waals surface area contributed by atoms with Crippen LogP contribution >= 0.6 is 11.6 Å². The first-order chi connectivity index (χ1) is 11.9. The van der Waals surface area contributed by atoms with E-state index < -0.39 is 11.8 Å². The highest BCUT2D eigenvalue weighted by Gasteiger charge is 2.52. The predicted octanol–water partition coefficient (Wildman–Crippen LogP) is 2.80. The molecule has 1 saturated heterocycles. The quantitative estimate of drug-likeness (QED) is 0.255. The molecule has 1 aromatic rings. The van der Waals surface area contributed by atoms with Gasteiger partial charge in [0.15, 0.2) is 0 Å². The first kappa shape index (κ1) is 18.2. The molecule has 1 aromatic carbocycles. The Morgan fingerprint density at radius 1 is 1.32 bits per heavy atom. The Hall–Kier alpha value is -1.59. The van der Waals surface area contributed by atoms with Crippen molar-refractivity contribution in [1.82, 2.24) is 4.90 Å². The Kier molecular flexibility index (Phi) is 5.07. The van der Waals surface area contributed by atoms with E-state index >= 15 is 0 Å². The number of alkyl halides is 1. The maximum Gasteiger partial charge on any atom is 0.379 e. The van der Waals surface area contributed by atoms with Crippen LogP contribution in [0.3, 0.4) is 0 Å². The molecule has 2 aliphatic heterocycles. The van der Waals surface area contributed by atoms with Crippen LogP contribution in [0.1, 0.15) is 42.1 Å². The van der Waals surface area contributed by atoms with Crippen molar-refractivity contribution < 1.29 is 14.3 Å². The SMILES string of the molecule is CN1CCC2(C)c3cc(C(=O)C(=O)OCCCCCl)ccc3N(C)C12. The number of unbranched alkanes of at least 4 members (excludes halogenated alkanes) is 1. The third kappa shape index (κ3) is 3.04. The summed E-state index contributed by atoms with van der Waals surface area (Å²) in [5.74, 6) is -0.835. The molecule has 25 heavy (non-hydrogen) atoms. The molecule has 0 N–H and O–H groups in total. The van der Waals surface area contributed by atoms with E-state index in [2.05, 4.69) is 30.8 Å². The van der Waals surface area contributed by atoms with Crippen LogP contribution in [0, 0.1) is 0 Å². The molecule has 0 amide bonds. The van der Waals surface area contributed by atoms with E-state index in [0.29, 0.717) is 17.9 Å². The summed E-state index contributed by atoms with van der Waals surface area (Å²) < 4.78 is 5.06. The molecule has 0 radical (unpaired) electrons. The summed E-state index contributed by atoms with van der Waals surface area (Å²) in [5.41, 5.74) is 2.65. The zero-order valence-electron chi connectivity index (χ0n) is 15.0. The van der Waals surface area contributed by atoms with Crippen molar-refractivity contribution in [2.24, 2.45) is 0 Å². The molecule has 0 bridgehead atoms. The molecule has 3 rings (SSSR count). The van der Waals surface area contributed by atoms with Gasteiger partial charge in [0.2, 0.25) is 0 Å². The van der Waals surface area contributed by atoms with Gasteiger partial charge in [-0.3, -0.25) is 9.69 Å². The largest absolute Gasteiger partial charge is 0.460 e. The molecule has 1 fully saturated rings. The van der Waals surface area contributed by atoms with E-state index in [0.717, 1.165) is 30.6 Å². The van der Waals surface area contributed by atoms with Gasteiger partial charge in [0.25, 0.3) is 5.78 Å². The monoisotopic (exact) mass is 364 g/mol. The zero-order chi connectivity index (χ0) is 18.2. The summed E-state index contributed by atoms with van der Waals surface area (Å²) in [6.45, 7) is 3.49. The fraction of sp³-hybridized carbons (Fsp3) is 0.579. The number of likely N-dealkylation sites (N-methyl/N-ethyl adjacent to an activating group) is 2. The van der Waals surface area contributed by atoms with Gasteiger partial charge >= 0.3 is 5.97 Å². The van der Waals surface area contributed by atoms with Crippen molar-refractivity contribution in [2.45, 2.75) is 37.8 Å². The number of anilines is 1. The highest BCUT2D eigenvalue weighted by Crippen LogP contribution is 2.51. The van der Waals surface area contributed by atoms with Gasteiger partial charge in [0.05, 0.1) is 12.8 Å². The van der Waals surface area contributed by atoms with Crippen molar-refractivity contribution >= 4 is 29.0 Å². The minimum absolute atomic E-state index is 0.0284. The van der Waals surface area contributed by atoms with Crippen molar-refractivity contribution in [3.63, 3.8) is 0 Å². The summed E-state index contributed by atoms with van der Waals surface area (Å²) in [6.07, 6.45) is 2.76. The summed E-state index contributed by atoms with van der Waals surface area (Å²) in [5, 5.41) is 0. The number of carbonyl (C=O) groups excluding carboxylic acids is 2. The van der Waals surface area contributed by atoms with Crippen LogP contribution in [-0.2, 0) is 14.9 Å². The first-order valence-corrected chi connectivity index (χ1v) is 9.28. The maximum absolute atomic E-state index is 12.4. The zero-order valence-corrected chi connectivity index (χ0v) is 15.8. The molecule has 5 nitrogen and oxygen atoms in total. The number of Topliss-reactive ketones (excluding diaryl/α,β-unsaturated/α-hetero) is 1. The second-order valence-electron chi connectivity index (χ2n) is 7.23. The van der Waals surface area contributed by atoms with Crippen LogP contribution < -0.4 is 4.90 Å². The summed E-state index contributed by atoms with van der Waals surface area (Å²) >= 11 is 5.59. The van der Waals surface area contributed by atoms with Gasteiger partial charge in [0, 0.05) is 36.1 Å². The van der Waals surface area contributed by atoms with E-state index in [1.807, 2.05) is 12.1 Å². The molecule has 0 spiro atoms. The lowest BCUT2D eigenvalue weighted by molar-refractivity contribution is -0.138. The number of fused-ring (bicyclic) bond motifs is 3. The Morgan fingerprint density at radius 2 is 2.08 bits per heavy atom. The first-order valence-electron chi connectivity index (χ1n) is 8.75. The van der Waals surface area contributed by atoms with Crippen molar-refractivity contribution in [3.8, 4) is 0 Å². The lowest BCUT2D eigenvalue weighted by Gasteiger charge is -2.32. The average molecular weight is 365 g/mol. The molecule has 2 unspecified atom stereocenters. The second-order valence-corrected chi connectivity index (χ2v) is 7.60. The molecule has 2 aliphatic rings. The van der Waals surface area contributed by atoms with E-state index in [9.17, 15) is 9.59 Å². The van der Waals surface area contributed by atoms with Crippen molar-refractivity contribution in [1.29, 1.82) is 0 Å². The minimum Gasteiger partial charge on any atom is -0.460 e. The van der Waals surface area contributed by atoms with Crippen LogP contribution in [0.15, 0.2) is 18.2 Å². The van der Waals surface area contributed by atoms with E-state index in [1.54, 1.807) is 6.07 Å². The number of hydrogen-bond donors (Lipinski definition) is 0. The summed E-state index contributed by atoms with van der Waals surface area (Å²) in [6, 6.07) is 5.55. The van der Waals surface area contributed by atoms with Gasteiger partial charge in [-0.05, 0) is 50.1 Å². The summed E-state index contributed by atoms with van der Waals surface area (Å²) in [4.78, 5) is 29.0. The number of carbonyl (C=O) groups is 2. The van der Waals surface area contributed by atoms with Crippen LogP contribution in [0.5, 0.6) is 0 Å². The molecule has 0 aliphatic carbocycles. The molecular formula is C19H25ClN2O3. The normalized spacial score (nSPS) is 25.0. The van der Waals surface area contributed by atoms with Crippen LogP contribution in [0.4, 0.5) is 5.69 Å². The Labute approximate surface area is 153 Å². The van der Waals surface area contributed by atoms with Gasteiger partial charge in [-0.15, -0.1) is 11.6 Å². The maximum atomic E-state index is 12.4. The number of esters is 1. The predicted molar refractivity (Wildman–Crippen MR) is 98.5 cm³/mol. The van der Waals surface area contributed by atoms with Gasteiger partial charge in [-0.25, -0.2) is 4.79 Å². The molecule has 0 saturated carbocycles. The number of likely N-dealkylation sites (tertiary alicyclic amines) is 1. The van der Waals surface area contributed by atoms with Gasteiger partial charge in [-0.2, -0.15) is 0 Å². The van der Waals surface area contributed by atoms with E-state index in [-0.39, 0.29) is 18.2 Å². The topological polar surface area (TPSA) is 49.9 Å². The number of benzene rings is 1. The molecule has 2 atom stereocenters. The van der Waals surface area contributed by atoms with Crippen molar-refractivity contribution in [2.75, 3.05) is 38.0 Å². The Balaban J connectivity index is 1.79. The number of ketones is 1. The standard InChI is InChI=1S/C19H25ClN2O3/c1-19-8-10-21(2)18(19)22(3)15-7-6-13(12-14(15)19)16(23)17(24)25-11-5-4-9-20/h6-7,12,18H,4-5,8-11H2,1-3H3. The van der Waals surface area contributed by atoms with Gasteiger partial charge in [0.1, 0.15) is 0 Å². The number of nitrogens with zero attached hydrogens (tertiary/aromatic N) is 2. The smallest absolute Gasteiger partial charge is 0.379 e. The third-order valence-electron chi connectivity index (χ3n) is 5.54. The molecule has 136 valence electrons. The Bertz CT molecular complexity index is 693. The van der Waals surface area contributed by atoms with E-state index in [4.69, 9.17) is 16.3 Å². The fourth-order valence-electron chi connectivity index (χ4n) is 4.26. The molecule has 0 aromatic heterocycles. The number of ether oxygens (including phenoxy) is 1. The van der Waals surface area contributed by atoms with Crippen LogP contribution in [0.2, 0.25) is 0 Å². The van der Waals surface area contributed by atoms with Gasteiger partial charge in [-0.1, -0.05) is 6.92 Å². The number of halogens is 1. The molecule has 2 heterocycles. The lowest BCUT2D eigenvalue weighted by Crippen LogP contribution is -2.45.